The molecule has 0 N–H and O–H groups in total. The monoisotopic (exact) mass is 131 g/mol. The molecule has 9 heavy (non-hydrogen) atoms. The second-order valence-corrected chi connectivity index (χ2v) is 2.28. The van der Waals surface area contributed by atoms with Gasteiger partial charge in [0.1, 0.15) is 0 Å². The molecule has 0 saturated heterocycles. The maximum Gasteiger partial charge on any atom is 0.380 e. The minimum Gasteiger partial charge on any atom is -0.440 e. The van der Waals surface area contributed by atoms with Crippen LogP contribution in [0.1, 0.15) is 13.8 Å². The lowest BCUT2D eigenvalue weighted by molar-refractivity contribution is -0.128. The van der Waals surface area contributed by atoms with Gasteiger partial charge in [0, 0.05) is 0 Å². The number of carbonyl (C=O) groups excluding carboxylic acids is 1. The van der Waals surface area contributed by atoms with Gasteiger partial charge in [-0.15, -0.1) is 9.38 Å². The van der Waals surface area contributed by atoms with Crippen molar-refractivity contribution >= 4 is 12.1 Å². The molecule has 0 saturated carbocycles. The van der Waals surface area contributed by atoms with E-state index < -0.39 is 17.7 Å². The van der Waals surface area contributed by atoms with Gasteiger partial charge in [0.05, 0.1) is 0 Å². The van der Waals surface area contributed by atoms with Crippen LogP contribution < -0.4 is 0 Å². The van der Waals surface area contributed by atoms with Crippen LogP contribution in [0.3, 0.4) is 0 Å². The lowest BCUT2D eigenvalue weighted by Crippen LogP contribution is -2.28. The van der Waals surface area contributed by atoms with E-state index in [1.165, 1.54) is 13.8 Å². The summed E-state index contributed by atoms with van der Waals surface area (Å²) in [6, 6.07) is 0. The molecule has 0 unspecified atom stereocenters. The van der Waals surface area contributed by atoms with Gasteiger partial charge in [0.15, 0.2) is 5.60 Å². The van der Waals surface area contributed by atoms with Crippen molar-refractivity contribution < 1.29 is 13.9 Å². The third kappa shape index (κ3) is 0.918. The van der Waals surface area contributed by atoms with Crippen LogP contribution in [0.2, 0.25) is 0 Å². The average molecular weight is 131 g/mol. The van der Waals surface area contributed by atoms with Crippen LogP contribution in [0, 0.1) is 0 Å². The molecule has 4 heteroatoms. The second-order valence-electron chi connectivity index (χ2n) is 2.28. The molecule has 0 bridgehead atoms. The molecule has 0 aliphatic carbocycles. The van der Waals surface area contributed by atoms with Crippen LogP contribution in [-0.2, 0) is 9.53 Å². The zero-order valence-electron chi connectivity index (χ0n) is 5.14. The molecule has 1 amide bonds. The minimum absolute atomic E-state index is 0.569. The van der Waals surface area contributed by atoms with E-state index in [1.807, 2.05) is 0 Å². The van der Waals surface area contributed by atoms with Crippen molar-refractivity contribution in [1.82, 2.24) is 0 Å². The van der Waals surface area contributed by atoms with E-state index in [-0.39, 0.29) is 0 Å². The highest BCUT2D eigenvalue weighted by atomic mass is 19.1. The Labute approximate surface area is 51.5 Å². The third-order valence-electron chi connectivity index (χ3n) is 1.04. The second kappa shape index (κ2) is 1.52. The molecule has 0 aromatic rings. The SMILES string of the molecule is CC1(C)OC(F)=NC1=O. The van der Waals surface area contributed by atoms with Crippen molar-refractivity contribution in [3.05, 3.63) is 0 Å². The fourth-order valence-corrected chi connectivity index (χ4v) is 0.491. The van der Waals surface area contributed by atoms with Gasteiger partial charge < -0.3 is 4.74 Å². The van der Waals surface area contributed by atoms with Gasteiger partial charge in [-0.05, 0) is 13.8 Å². The van der Waals surface area contributed by atoms with Crippen LogP contribution in [0.15, 0.2) is 4.99 Å². The quantitative estimate of drug-likeness (QED) is 0.484. The van der Waals surface area contributed by atoms with E-state index in [2.05, 4.69) is 9.73 Å². The van der Waals surface area contributed by atoms with Gasteiger partial charge >= 0.3 is 6.15 Å². The zero-order valence-corrected chi connectivity index (χ0v) is 5.14. The van der Waals surface area contributed by atoms with E-state index in [9.17, 15) is 9.18 Å². The largest absolute Gasteiger partial charge is 0.440 e. The normalized spacial score (nSPS) is 23.4. The Morgan fingerprint density at radius 3 is 2.33 bits per heavy atom. The van der Waals surface area contributed by atoms with Crippen molar-refractivity contribution in [3.63, 3.8) is 0 Å². The molecule has 1 aliphatic rings. The molecule has 0 radical (unpaired) electrons. The van der Waals surface area contributed by atoms with Crippen molar-refractivity contribution in [2.45, 2.75) is 19.4 Å². The Morgan fingerprint density at radius 2 is 2.22 bits per heavy atom. The summed E-state index contributed by atoms with van der Waals surface area (Å²) in [5.41, 5.74) is -1.09. The van der Waals surface area contributed by atoms with Gasteiger partial charge in [-0.1, -0.05) is 0 Å². The van der Waals surface area contributed by atoms with E-state index in [0.29, 0.717) is 0 Å². The predicted octanol–water partition coefficient (Wildman–Crippen LogP) is 0.647. The number of carbonyl (C=O) groups is 1. The third-order valence-corrected chi connectivity index (χ3v) is 1.04. The van der Waals surface area contributed by atoms with Gasteiger partial charge in [0.25, 0.3) is 5.91 Å². The number of ether oxygens (including phenoxy) is 1. The first-order valence-corrected chi connectivity index (χ1v) is 2.50. The Kier molecular flexibility index (Phi) is 1.05. The molecular weight excluding hydrogens is 125 g/mol. The smallest absolute Gasteiger partial charge is 0.380 e. The van der Waals surface area contributed by atoms with Crippen molar-refractivity contribution in [2.75, 3.05) is 0 Å². The Morgan fingerprint density at radius 1 is 1.67 bits per heavy atom. The number of aliphatic imine (C=N–C) groups is 1. The summed E-state index contributed by atoms with van der Waals surface area (Å²) in [6.45, 7) is 2.93. The number of hydrogen-bond donors (Lipinski definition) is 0. The number of halogens is 1. The Hall–Kier alpha value is -0.930. The van der Waals surface area contributed by atoms with E-state index in [4.69, 9.17) is 0 Å². The van der Waals surface area contributed by atoms with Crippen molar-refractivity contribution in [3.8, 4) is 0 Å². The maximum absolute atomic E-state index is 12.0. The number of nitrogens with zero attached hydrogens (tertiary/aromatic N) is 1. The molecule has 1 heterocycles. The number of hydrogen-bond acceptors (Lipinski definition) is 2. The number of amides is 1. The summed E-state index contributed by atoms with van der Waals surface area (Å²) in [6.07, 6.45) is -1.04. The van der Waals surface area contributed by atoms with Gasteiger partial charge in [-0.2, -0.15) is 0 Å². The number of rotatable bonds is 0. The highest BCUT2D eigenvalue weighted by molar-refractivity contribution is 5.98. The van der Waals surface area contributed by atoms with E-state index in [0.717, 1.165) is 0 Å². The summed E-state index contributed by atoms with van der Waals surface area (Å²) in [7, 11) is 0. The summed E-state index contributed by atoms with van der Waals surface area (Å²) >= 11 is 0. The highest BCUT2D eigenvalue weighted by Crippen LogP contribution is 2.18. The van der Waals surface area contributed by atoms with Gasteiger partial charge in [-0.25, -0.2) is 0 Å². The highest BCUT2D eigenvalue weighted by Gasteiger charge is 2.37. The summed E-state index contributed by atoms with van der Waals surface area (Å²) in [5.74, 6) is -0.569. The molecule has 3 nitrogen and oxygen atoms in total. The van der Waals surface area contributed by atoms with Crippen LogP contribution in [-0.4, -0.2) is 17.7 Å². The molecule has 1 rings (SSSR count). The Balaban J connectivity index is 2.84. The zero-order chi connectivity index (χ0) is 7.07. The topological polar surface area (TPSA) is 38.7 Å². The average Bonchev–Trinajstić information content (AvgIpc) is 1.79. The van der Waals surface area contributed by atoms with Crippen LogP contribution >= 0.6 is 0 Å². The summed E-state index contributed by atoms with van der Waals surface area (Å²) in [4.78, 5) is 13.5. The predicted molar refractivity (Wildman–Crippen MR) is 28.7 cm³/mol. The fraction of sp³-hybridized carbons (Fsp3) is 0.600. The molecule has 0 spiro atoms. The first kappa shape index (κ1) is 6.19. The fourth-order valence-electron chi connectivity index (χ4n) is 0.491. The molecule has 0 fully saturated rings. The van der Waals surface area contributed by atoms with Crippen molar-refractivity contribution in [2.24, 2.45) is 4.99 Å². The molecular formula is C5H6FNO2. The first-order chi connectivity index (χ1) is 4.02. The lowest BCUT2D eigenvalue weighted by atomic mass is 10.1. The van der Waals surface area contributed by atoms with Gasteiger partial charge in [-0.3, -0.25) is 4.79 Å². The summed E-state index contributed by atoms with van der Waals surface area (Å²) in [5, 5.41) is 0. The van der Waals surface area contributed by atoms with Crippen LogP contribution in [0.4, 0.5) is 4.39 Å². The minimum atomic E-state index is -1.09. The lowest BCUT2D eigenvalue weighted by Gasteiger charge is -2.11. The summed E-state index contributed by atoms with van der Waals surface area (Å²) < 4.78 is 16.4. The molecule has 0 atom stereocenters. The molecule has 0 aromatic carbocycles. The standard InChI is InChI=1S/C5H6FNO2/c1-5(2)3(8)7-4(6)9-5/h1-2H3. The maximum atomic E-state index is 12.0. The Bertz CT molecular complexity index is 185. The first-order valence-electron chi connectivity index (χ1n) is 2.50. The molecule has 1 aliphatic heterocycles. The van der Waals surface area contributed by atoms with E-state index in [1.54, 1.807) is 0 Å². The molecule has 50 valence electrons. The van der Waals surface area contributed by atoms with Crippen molar-refractivity contribution in [1.29, 1.82) is 0 Å². The molecule has 0 aromatic heterocycles. The van der Waals surface area contributed by atoms with Crippen LogP contribution in [0.25, 0.3) is 0 Å². The van der Waals surface area contributed by atoms with E-state index >= 15 is 0 Å². The van der Waals surface area contributed by atoms with Crippen LogP contribution in [0.5, 0.6) is 0 Å². The van der Waals surface area contributed by atoms with Gasteiger partial charge in [0.2, 0.25) is 0 Å².